The van der Waals surface area contributed by atoms with Gasteiger partial charge in [0.2, 0.25) is 0 Å². The highest BCUT2D eigenvalue weighted by Crippen LogP contribution is 2.32. The molecule has 1 aromatic rings. The fraction of sp³-hybridized carbons (Fsp3) is 0.353. The maximum absolute atomic E-state index is 12.0. The molecule has 0 amide bonds. The van der Waals surface area contributed by atoms with Crippen molar-refractivity contribution in [3.63, 3.8) is 0 Å². The van der Waals surface area contributed by atoms with E-state index in [1.165, 1.54) is 12.7 Å². The molecule has 124 valence electrons. The van der Waals surface area contributed by atoms with Crippen LogP contribution >= 0.6 is 0 Å². The number of nitrogens with one attached hydrogen (secondary N) is 2. The number of hydrogen-bond donors (Lipinski definition) is 2. The highest BCUT2D eigenvalue weighted by atomic mass is 16.5. The van der Waals surface area contributed by atoms with Gasteiger partial charge in [0.05, 0.1) is 25.3 Å². The average molecular weight is 325 g/mol. The highest BCUT2D eigenvalue weighted by Gasteiger charge is 2.37. The zero-order valence-corrected chi connectivity index (χ0v) is 13.7. The summed E-state index contributed by atoms with van der Waals surface area (Å²) >= 11 is 0. The van der Waals surface area contributed by atoms with Crippen molar-refractivity contribution in [1.82, 2.24) is 10.4 Å². The number of carbonyl (C=O) groups excluding carboxylic acids is 1. The van der Waals surface area contributed by atoms with Crippen molar-refractivity contribution in [3.8, 4) is 0 Å². The molecule has 0 fully saturated rings. The molecule has 3 aliphatic heterocycles. The summed E-state index contributed by atoms with van der Waals surface area (Å²) in [5.41, 5.74) is 8.13. The maximum atomic E-state index is 12.0. The maximum Gasteiger partial charge on any atom is 0.314 e. The van der Waals surface area contributed by atoms with Crippen LogP contribution in [-0.4, -0.2) is 43.4 Å². The average Bonchev–Trinajstić information content (AvgIpc) is 3.19. The molecule has 0 spiro atoms. The number of amidine groups is 1. The second kappa shape index (κ2) is 5.67. The first-order chi connectivity index (χ1) is 11.7. The van der Waals surface area contributed by atoms with E-state index in [0.717, 1.165) is 35.6 Å². The van der Waals surface area contributed by atoms with E-state index in [9.17, 15) is 4.79 Å². The van der Waals surface area contributed by atoms with E-state index in [-0.39, 0.29) is 11.9 Å². The minimum Gasteiger partial charge on any atom is -0.469 e. The smallest absolute Gasteiger partial charge is 0.314 e. The first kappa shape index (κ1) is 14.7. The van der Waals surface area contributed by atoms with Crippen LogP contribution in [0.3, 0.4) is 0 Å². The monoisotopic (exact) mass is 325 g/mol. The van der Waals surface area contributed by atoms with Crippen LogP contribution in [-0.2, 0) is 16.0 Å². The zero-order chi connectivity index (χ0) is 16.7. The quantitative estimate of drug-likeness (QED) is 0.808. The summed E-state index contributed by atoms with van der Waals surface area (Å²) in [4.78, 5) is 21.0. The zero-order valence-electron chi connectivity index (χ0n) is 13.7. The number of carbonyl (C=O) groups is 1. The van der Waals surface area contributed by atoms with E-state index < -0.39 is 0 Å². The lowest BCUT2D eigenvalue weighted by Crippen LogP contribution is -2.41. The van der Waals surface area contributed by atoms with Gasteiger partial charge in [-0.2, -0.15) is 0 Å². The predicted octanol–water partition coefficient (Wildman–Crippen LogP) is 1.61. The second-order valence-corrected chi connectivity index (χ2v) is 6.06. The molecule has 1 unspecified atom stereocenters. The van der Waals surface area contributed by atoms with E-state index in [0.29, 0.717) is 12.4 Å². The normalized spacial score (nSPS) is 23.0. The number of anilines is 1. The van der Waals surface area contributed by atoms with Gasteiger partial charge in [-0.3, -0.25) is 15.2 Å². The van der Waals surface area contributed by atoms with E-state index in [1.54, 1.807) is 6.34 Å². The molecule has 0 radical (unpaired) electrons. The third-order valence-electron chi connectivity index (χ3n) is 4.67. The number of aliphatic imine (C=N–C) groups is 2. The third kappa shape index (κ3) is 2.33. The van der Waals surface area contributed by atoms with Gasteiger partial charge in [-0.25, -0.2) is 9.98 Å². The Hall–Kier alpha value is -2.83. The fourth-order valence-corrected chi connectivity index (χ4v) is 3.37. The molecule has 0 saturated carbocycles. The Morgan fingerprint density at radius 1 is 1.46 bits per heavy atom. The fourth-order valence-electron chi connectivity index (χ4n) is 3.37. The van der Waals surface area contributed by atoms with Crippen molar-refractivity contribution in [2.45, 2.75) is 13.3 Å². The van der Waals surface area contributed by atoms with Crippen LogP contribution in [0.4, 0.5) is 11.4 Å². The molecule has 0 aliphatic carbocycles. The van der Waals surface area contributed by atoms with Gasteiger partial charge in [-0.15, -0.1) is 0 Å². The topological polar surface area (TPSA) is 78.3 Å². The van der Waals surface area contributed by atoms with Crippen LogP contribution in [0.1, 0.15) is 12.5 Å². The Labute approximate surface area is 140 Å². The van der Waals surface area contributed by atoms with Gasteiger partial charge in [0.1, 0.15) is 12.0 Å². The summed E-state index contributed by atoms with van der Waals surface area (Å²) in [5, 5.41) is 5.26. The summed E-state index contributed by atoms with van der Waals surface area (Å²) in [7, 11) is 1.41. The lowest BCUT2D eigenvalue weighted by Gasteiger charge is -2.25. The molecule has 3 aliphatic rings. The molecule has 2 N–H and O–H groups in total. The minimum atomic E-state index is -0.300. The number of rotatable bonds is 2. The Morgan fingerprint density at radius 3 is 3.17 bits per heavy atom. The van der Waals surface area contributed by atoms with Crippen molar-refractivity contribution in [1.29, 1.82) is 0 Å². The molecule has 7 nitrogen and oxygen atoms in total. The van der Waals surface area contributed by atoms with Crippen molar-refractivity contribution >= 4 is 29.5 Å². The third-order valence-corrected chi connectivity index (χ3v) is 4.67. The van der Waals surface area contributed by atoms with Gasteiger partial charge in [-0.05, 0) is 36.6 Å². The number of hydrogen-bond acceptors (Lipinski definition) is 6. The van der Waals surface area contributed by atoms with Crippen molar-refractivity contribution < 1.29 is 9.53 Å². The van der Waals surface area contributed by atoms with Crippen LogP contribution in [0, 0.1) is 5.92 Å². The lowest BCUT2D eigenvalue weighted by molar-refractivity contribution is -0.144. The number of ether oxygens (including phenoxy) is 1. The Balaban J connectivity index is 1.71. The summed E-state index contributed by atoms with van der Waals surface area (Å²) in [6.45, 7) is 3.42. The SMILES string of the molecule is COC(=O)C1CN2NC=NC(=Nc3ccc4c(c3)NCC4)C2=C1C. The van der Waals surface area contributed by atoms with Crippen molar-refractivity contribution in [2.24, 2.45) is 15.9 Å². The van der Waals surface area contributed by atoms with E-state index in [4.69, 9.17) is 9.73 Å². The van der Waals surface area contributed by atoms with Crippen LogP contribution in [0.2, 0.25) is 0 Å². The number of fused-ring (bicyclic) bond motifs is 2. The van der Waals surface area contributed by atoms with Crippen LogP contribution in [0.15, 0.2) is 39.5 Å². The Bertz CT molecular complexity index is 796. The summed E-state index contributed by atoms with van der Waals surface area (Å²) in [6.07, 6.45) is 2.65. The van der Waals surface area contributed by atoms with Gasteiger partial charge in [0.15, 0.2) is 5.84 Å². The van der Waals surface area contributed by atoms with Gasteiger partial charge < -0.3 is 10.1 Å². The second-order valence-electron chi connectivity index (χ2n) is 6.06. The first-order valence-corrected chi connectivity index (χ1v) is 7.98. The van der Waals surface area contributed by atoms with E-state index in [2.05, 4.69) is 21.8 Å². The number of esters is 1. The van der Waals surface area contributed by atoms with Gasteiger partial charge in [-0.1, -0.05) is 6.07 Å². The number of benzene rings is 1. The number of methoxy groups -OCH3 is 1. The minimum absolute atomic E-state index is 0.239. The molecule has 0 bridgehead atoms. The molecular formula is C17H19N5O2. The van der Waals surface area contributed by atoms with Gasteiger partial charge in [0.25, 0.3) is 0 Å². The van der Waals surface area contributed by atoms with Crippen LogP contribution in [0.25, 0.3) is 0 Å². The Kier molecular flexibility index (Phi) is 3.48. The van der Waals surface area contributed by atoms with Crippen LogP contribution in [0.5, 0.6) is 0 Å². The van der Waals surface area contributed by atoms with E-state index in [1.807, 2.05) is 24.1 Å². The van der Waals surface area contributed by atoms with Crippen LogP contribution < -0.4 is 10.7 Å². The summed E-state index contributed by atoms with van der Waals surface area (Å²) < 4.78 is 4.90. The van der Waals surface area contributed by atoms with Gasteiger partial charge >= 0.3 is 5.97 Å². The molecule has 1 aromatic carbocycles. The lowest BCUT2D eigenvalue weighted by atomic mass is 10.0. The molecule has 7 heteroatoms. The molecule has 4 rings (SSSR count). The van der Waals surface area contributed by atoms with Crippen molar-refractivity contribution in [3.05, 3.63) is 35.0 Å². The number of nitrogens with zero attached hydrogens (tertiary/aromatic N) is 3. The van der Waals surface area contributed by atoms with Gasteiger partial charge in [0, 0.05) is 12.2 Å². The van der Waals surface area contributed by atoms with Crippen molar-refractivity contribution in [2.75, 3.05) is 25.5 Å². The number of hydrazine groups is 1. The molecule has 3 heterocycles. The molecular weight excluding hydrogens is 306 g/mol. The Morgan fingerprint density at radius 2 is 2.33 bits per heavy atom. The molecule has 0 saturated heterocycles. The molecule has 0 aromatic heterocycles. The predicted molar refractivity (Wildman–Crippen MR) is 92.3 cm³/mol. The van der Waals surface area contributed by atoms with E-state index >= 15 is 0 Å². The first-order valence-electron chi connectivity index (χ1n) is 7.98. The summed E-state index contributed by atoms with van der Waals surface area (Å²) in [5.74, 6) is 0.0685. The largest absolute Gasteiger partial charge is 0.469 e. The molecule has 1 atom stereocenters. The highest BCUT2D eigenvalue weighted by molar-refractivity contribution is 6.06. The summed E-state index contributed by atoms with van der Waals surface area (Å²) in [6, 6.07) is 6.15. The standard InChI is InChI=1S/C17H19N5O2/c1-10-13(17(23)24-2)8-22-15(10)16(19-9-20-22)21-12-4-3-11-5-6-18-14(11)7-12/h3-4,7,9,13,18H,5-6,8H2,1-2H3,(H,19,20,21). The molecule has 24 heavy (non-hydrogen) atoms.